The molecule has 0 fully saturated rings. The van der Waals surface area contributed by atoms with Crippen molar-refractivity contribution in [2.75, 3.05) is 13.7 Å². The van der Waals surface area contributed by atoms with E-state index in [-0.39, 0.29) is 0 Å². The number of rotatable bonds is 4. The summed E-state index contributed by atoms with van der Waals surface area (Å²) in [7, 11) is 1.61. The molecule has 1 rings (SSSR count). The van der Waals surface area contributed by atoms with Crippen molar-refractivity contribution in [1.82, 2.24) is 10.6 Å². The second kappa shape index (κ2) is 6.93. The molecule has 0 heterocycles. The lowest BCUT2D eigenvalue weighted by Gasteiger charge is -2.19. The highest BCUT2D eigenvalue weighted by Crippen LogP contribution is 2.12. The molecule has 0 aliphatic carbocycles. The van der Waals surface area contributed by atoms with Gasteiger partial charge in [-0.3, -0.25) is 9.59 Å². The first kappa shape index (κ1) is 16.0. The molecular weight excluding hydrogens is 256 g/mol. The van der Waals surface area contributed by atoms with Crippen LogP contribution in [0, 0.1) is 0 Å². The average Bonchev–Trinajstić information content (AvgIpc) is 2.37. The van der Waals surface area contributed by atoms with Crippen molar-refractivity contribution < 1.29 is 14.3 Å². The summed E-state index contributed by atoms with van der Waals surface area (Å²) in [5, 5.41) is 5.21. The summed E-state index contributed by atoms with van der Waals surface area (Å²) in [6, 6.07) is 7.60. The van der Waals surface area contributed by atoms with Gasteiger partial charge in [-0.2, -0.15) is 0 Å². The number of nitrogens with one attached hydrogen (secondary N) is 2. The summed E-state index contributed by atoms with van der Waals surface area (Å²) in [5.41, 5.74) is 0.627. The molecule has 5 nitrogen and oxygen atoms in total. The first-order chi connectivity index (χ1) is 9.31. The Bertz CT molecular complexity index is 478. The minimum absolute atomic E-state index is 0.406. The van der Waals surface area contributed by atoms with Crippen LogP contribution in [0.3, 0.4) is 0 Å². The van der Waals surface area contributed by atoms with Crippen LogP contribution in [0.25, 0.3) is 0 Å². The Morgan fingerprint density at radius 3 is 2.50 bits per heavy atom. The number of benzene rings is 1. The van der Waals surface area contributed by atoms with E-state index < -0.39 is 17.4 Å². The van der Waals surface area contributed by atoms with E-state index in [1.165, 1.54) is 0 Å². The summed E-state index contributed by atoms with van der Waals surface area (Å²) in [5.74, 6) is -0.440. The number of methoxy groups -OCH3 is 1. The number of amides is 2. The molecule has 2 N–H and O–H groups in total. The van der Waals surface area contributed by atoms with Crippen molar-refractivity contribution in [2.45, 2.75) is 32.7 Å². The topological polar surface area (TPSA) is 67.4 Å². The lowest BCUT2D eigenvalue weighted by Crippen LogP contribution is -2.48. The Balaban J connectivity index is 2.40. The van der Waals surface area contributed by atoms with Gasteiger partial charge < -0.3 is 15.4 Å². The van der Waals surface area contributed by atoms with E-state index in [4.69, 9.17) is 4.74 Å². The van der Waals surface area contributed by atoms with E-state index in [1.807, 2.05) is 45.0 Å². The number of carbonyl (C=O) groups is 2. The summed E-state index contributed by atoms with van der Waals surface area (Å²) >= 11 is 0. The van der Waals surface area contributed by atoms with Crippen LogP contribution in [-0.2, 0) is 16.0 Å². The smallest absolute Gasteiger partial charge is 0.309 e. The van der Waals surface area contributed by atoms with Gasteiger partial charge in [0.05, 0.1) is 7.11 Å². The van der Waals surface area contributed by atoms with E-state index in [9.17, 15) is 9.59 Å². The van der Waals surface area contributed by atoms with Crippen molar-refractivity contribution in [2.24, 2.45) is 0 Å². The normalized spacial score (nSPS) is 10.8. The molecule has 0 spiro atoms. The van der Waals surface area contributed by atoms with Crippen molar-refractivity contribution in [3.8, 4) is 5.75 Å². The zero-order valence-corrected chi connectivity index (χ0v) is 12.4. The van der Waals surface area contributed by atoms with Crippen molar-refractivity contribution in [3.63, 3.8) is 0 Å². The van der Waals surface area contributed by atoms with Gasteiger partial charge in [0.25, 0.3) is 0 Å². The molecule has 0 saturated heterocycles. The zero-order valence-electron chi connectivity index (χ0n) is 12.4. The number of hydrogen-bond acceptors (Lipinski definition) is 3. The molecule has 1 aromatic carbocycles. The summed E-state index contributed by atoms with van der Waals surface area (Å²) in [6.45, 7) is 5.89. The third kappa shape index (κ3) is 5.73. The van der Waals surface area contributed by atoms with Gasteiger partial charge in [-0.15, -0.1) is 0 Å². The highest BCUT2D eigenvalue weighted by atomic mass is 16.5. The van der Waals surface area contributed by atoms with E-state index in [1.54, 1.807) is 7.11 Å². The molecule has 1 aromatic rings. The molecule has 2 amide bonds. The Morgan fingerprint density at radius 2 is 1.90 bits per heavy atom. The standard InChI is InChI=1S/C15H22N2O3/c1-15(2,3)17-14(19)13(18)16-9-8-11-6-5-7-12(10-11)20-4/h5-7,10H,8-9H2,1-4H3,(H,16,18)(H,17,19). The maximum atomic E-state index is 11.6. The summed E-state index contributed by atoms with van der Waals surface area (Å²) in [6.07, 6.45) is 0.645. The van der Waals surface area contributed by atoms with Crippen LogP contribution < -0.4 is 15.4 Å². The van der Waals surface area contributed by atoms with Crippen LogP contribution in [0.1, 0.15) is 26.3 Å². The van der Waals surface area contributed by atoms with Crippen LogP contribution in [0.4, 0.5) is 0 Å². The van der Waals surface area contributed by atoms with Gasteiger partial charge in [0.15, 0.2) is 0 Å². The Hall–Kier alpha value is -2.04. The number of ether oxygens (including phenoxy) is 1. The molecule has 0 aliphatic rings. The van der Waals surface area contributed by atoms with E-state index in [0.29, 0.717) is 13.0 Å². The third-order valence-corrected chi connectivity index (χ3v) is 2.53. The van der Waals surface area contributed by atoms with E-state index >= 15 is 0 Å². The molecule has 5 heteroatoms. The second-order valence-corrected chi connectivity index (χ2v) is 5.56. The average molecular weight is 278 g/mol. The van der Waals surface area contributed by atoms with Gasteiger partial charge in [0, 0.05) is 12.1 Å². The van der Waals surface area contributed by atoms with E-state index in [2.05, 4.69) is 10.6 Å². The molecule has 0 unspecified atom stereocenters. The Labute approximate surface area is 119 Å². The fourth-order valence-electron chi connectivity index (χ4n) is 1.63. The first-order valence-electron chi connectivity index (χ1n) is 6.55. The maximum absolute atomic E-state index is 11.6. The predicted octanol–water partition coefficient (Wildman–Crippen LogP) is 1.27. The number of carbonyl (C=O) groups excluding carboxylic acids is 2. The van der Waals surface area contributed by atoms with Crippen LogP contribution in [0.5, 0.6) is 5.75 Å². The van der Waals surface area contributed by atoms with Gasteiger partial charge in [-0.1, -0.05) is 12.1 Å². The van der Waals surface area contributed by atoms with Crippen LogP contribution in [0.15, 0.2) is 24.3 Å². The highest BCUT2D eigenvalue weighted by Gasteiger charge is 2.19. The fourth-order valence-corrected chi connectivity index (χ4v) is 1.63. The molecule has 0 aromatic heterocycles. The van der Waals surface area contributed by atoms with Crippen molar-refractivity contribution >= 4 is 11.8 Å². The van der Waals surface area contributed by atoms with Gasteiger partial charge >= 0.3 is 11.8 Å². The minimum Gasteiger partial charge on any atom is -0.497 e. The SMILES string of the molecule is COc1cccc(CCNC(=O)C(=O)NC(C)(C)C)c1. The molecule has 0 saturated carbocycles. The molecule has 0 atom stereocenters. The largest absolute Gasteiger partial charge is 0.497 e. The molecule has 110 valence electrons. The summed E-state index contributed by atoms with van der Waals surface area (Å²) in [4.78, 5) is 23.1. The molecule has 0 aliphatic heterocycles. The Kier molecular flexibility index (Phi) is 5.55. The highest BCUT2D eigenvalue weighted by molar-refractivity contribution is 6.35. The molecule has 0 radical (unpaired) electrons. The first-order valence-corrected chi connectivity index (χ1v) is 6.55. The maximum Gasteiger partial charge on any atom is 0.309 e. The van der Waals surface area contributed by atoms with Crippen molar-refractivity contribution in [3.05, 3.63) is 29.8 Å². The monoisotopic (exact) mass is 278 g/mol. The van der Waals surface area contributed by atoms with Crippen LogP contribution in [-0.4, -0.2) is 31.0 Å². The molecule has 20 heavy (non-hydrogen) atoms. The quantitative estimate of drug-likeness (QED) is 0.815. The fraction of sp³-hybridized carbons (Fsp3) is 0.467. The third-order valence-electron chi connectivity index (χ3n) is 2.53. The molecule has 0 bridgehead atoms. The van der Waals surface area contributed by atoms with Crippen LogP contribution in [0.2, 0.25) is 0 Å². The lowest BCUT2D eigenvalue weighted by molar-refractivity contribution is -0.140. The Morgan fingerprint density at radius 1 is 1.20 bits per heavy atom. The molecular formula is C15H22N2O3. The predicted molar refractivity (Wildman–Crippen MR) is 77.6 cm³/mol. The van der Waals surface area contributed by atoms with E-state index in [0.717, 1.165) is 11.3 Å². The van der Waals surface area contributed by atoms with Gasteiger partial charge in [-0.25, -0.2) is 0 Å². The zero-order chi connectivity index (χ0) is 15.2. The van der Waals surface area contributed by atoms with Gasteiger partial charge in [-0.05, 0) is 44.9 Å². The summed E-state index contributed by atoms with van der Waals surface area (Å²) < 4.78 is 5.12. The van der Waals surface area contributed by atoms with Gasteiger partial charge in [0.1, 0.15) is 5.75 Å². The minimum atomic E-state index is -0.608. The van der Waals surface area contributed by atoms with Crippen molar-refractivity contribution in [1.29, 1.82) is 0 Å². The van der Waals surface area contributed by atoms with Crippen LogP contribution >= 0.6 is 0 Å². The lowest BCUT2D eigenvalue weighted by atomic mass is 10.1. The number of hydrogen-bond donors (Lipinski definition) is 2. The van der Waals surface area contributed by atoms with Gasteiger partial charge in [0.2, 0.25) is 0 Å². The second-order valence-electron chi connectivity index (χ2n) is 5.56.